The highest BCUT2D eigenvalue weighted by molar-refractivity contribution is 5.90. The Bertz CT molecular complexity index is 926. The van der Waals surface area contributed by atoms with Crippen molar-refractivity contribution in [3.05, 3.63) is 60.0 Å². The largest absolute Gasteiger partial charge is 0.421 e. The zero-order chi connectivity index (χ0) is 19.3. The second-order valence-corrected chi connectivity index (χ2v) is 7.16. The molecule has 0 saturated carbocycles. The van der Waals surface area contributed by atoms with Crippen LogP contribution in [0.5, 0.6) is 0 Å². The number of nitrogens with zero attached hydrogens (tertiary/aromatic N) is 3. The molecule has 28 heavy (non-hydrogen) atoms. The molecule has 6 heteroatoms. The van der Waals surface area contributed by atoms with Gasteiger partial charge in [0, 0.05) is 42.9 Å². The van der Waals surface area contributed by atoms with E-state index >= 15 is 0 Å². The highest BCUT2D eigenvalue weighted by atomic mass is 16.4. The van der Waals surface area contributed by atoms with Crippen LogP contribution >= 0.6 is 0 Å². The van der Waals surface area contributed by atoms with Gasteiger partial charge >= 0.3 is 0 Å². The van der Waals surface area contributed by atoms with E-state index in [0.717, 1.165) is 24.3 Å². The number of hydrogen-bond donors (Lipinski definition) is 1. The highest BCUT2D eigenvalue weighted by Crippen LogP contribution is 2.22. The van der Waals surface area contributed by atoms with Crippen LogP contribution in [0.1, 0.15) is 30.7 Å². The van der Waals surface area contributed by atoms with Crippen LogP contribution < -0.4 is 10.2 Å². The van der Waals surface area contributed by atoms with Crippen molar-refractivity contribution in [2.75, 3.05) is 23.3 Å². The third-order valence-corrected chi connectivity index (χ3v) is 4.95. The lowest BCUT2D eigenvalue weighted by Crippen LogP contribution is -2.17. The van der Waals surface area contributed by atoms with E-state index in [-0.39, 0.29) is 5.91 Å². The van der Waals surface area contributed by atoms with Gasteiger partial charge < -0.3 is 14.6 Å². The molecule has 1 saturated heterocycles. The smallest absolute Gasteiger partial charge is 0.247 e. The molecule has 1 amide bonds. The molecule has 0 radical (unpaired) electrons. The van der Waals surface area contributed by atoms with Crippen LogP contribution in [0.2, 0.25) is 0 Å². The lowest BCUT2D eigenvalue weighted by molar-refractivity contribution is -0.116. The predicted molar refractivity (Wildman–Crippen MR) is 109 cm³/mol. The maximum Gasteiger partial charge on any atom is 0.247 e. The maximum absolute atomic E-state index is 12.2. The first-order valence-corrected chi connectivity index (χ1v) is 9.72. The highest BCUT2D eigenvalue weighted by Gasteiger charge is 2.13. The Balaban J connectivity index is 1.29. The monoisotopic (exact) mass is 376 g/mol. The molecule has 0 aliphatic carbocycles. The van der Waals surface area contributed by atoms with Crippen LogP contribution in [-0.4, -0.2) is 29.2 Å². The average Bonchev–Trinajstić information content (AvgIpc) is 3.40. The summed E-state index contributed by atoms with van der Waals surface area (Å²) in [7, 11) is 0. The van der Waals surface area contributed by atoms with E-state index in [0.29, 0.717) is 24.6 Å². The van der Waals surface area contributed by atoms with Gasteiger partial charge in [-0.2, -0.15) is 0 Å². The number of nitrogens with one attached hydrogen (secondary N) is 1. The summed E-state index contributed by atoms with van der Waals surface area (Å²) in [5.41, 5.74) is 4.07. The van der Waals surface area contributed by atoms with Gasteiger partial charge in [0.1, 0.15) is 0 Å². The van der Waals surface area contributed by atoms with Crippen LogP contribution in [0.4, 0.5) is 11.4 Å². The molecule has 1 aliphatic rings. The van der Waals surface area contributed by atoms with Crippen molar-refractivity contribution in [2.45, 2.75) is 32.6 Å². The summed E-state index contributed by atoms with van der Waals surface area (Å²) in [6.07, 6.45) is 3.21. The molecular formula is C22H24N4O2. The third kappa shape index (κ3) is 4.39. The molecule has 3 aromatic rings. The Morgan fingerprint density at radius 1 is 1.04 bits per heavy atom. The summed E-state index contributed by atoms with van der Waals surface area (Å²) in [4.78, 5) is 14.6. The normalized spacial score (nSPS) is 13.7. The topological polar surface area (TPSA) is 71.3 Å². The lowest BCUT2D eigenvalue weighted by Gasteiger charge is -2.17. The number of aryl methyl sites for hydroxylation is 2. The van der Waals surface area contributed by atoms with Gasteiger partial charge in [0.15, 0.2) is 0 Å². The SMILES string of the molecule is Cc1ccc(-c2nnc(CCC(=O)Nc3ccc(N4CCCC4)cc3)o2)cc1. The number of carbonyl (C=O) groups is 1. The summed E-state index contributed by atoms with van der Waals surface area (Å²) < 4.78 is 5.68. The van der Waals surface area contributed by atoms with Gasteiger partial charge in [0.2, 0.25) is 17.7 Å². The van der Waals surface area contributed by atoms with Gasteiger partial charge in [0.05, 0.1) is 0 Å². The quantitative estimate of drug-likeness (QED) is 0.697. The molecule has 4 rings (SSSR count). The zero-order valence-electron chi connectivity index (χ0n) is 16.0. The van der Waals surface area contributed by atoms with Crippen molar-refractivity contribution >= 4 is 17.3 Å². The van der Waals surface area contributed by atoms with Crippen molar-refractivity contribution in [1.82, 2.24) is 10.2 Å². The number of benzene rings is 2. The van der Waals surface area contributed by atoms with Crippen molar-refractivity contribution in [3.63, 3.8) is 0 Å². The van der Waals surface area contributed by atoms with E-state index in [1.54, 1.807) is 0 Å². The van der Waals surface area contributed by atoms with E-state index < -0.39 is 0 Å². The van der Waals surface area contributed by atoms with E-state index in [4.69, 9.17) is 4.42 Å². The number of aromatic nitrogens is 2. The van der Waals surface area contributed by atoms with Gasteiger partial charge in [-0.15, -0.1) is 10.2 Å². The van der Waals surface area contributed by atoms with Crippen molar-refractivity contribution in [2.24, 2.45) is 0 Å². The van der Waals surface area contributed by atoms with Crippen molar-refractivity contribution < 1.29 is 9.21 Å². The Morgan fingerprint density at radius 3 is 2.46 bits per heavy atom. The van der Waals surface area contributed by atoms with Gasteiger partial charge in [-0.1, -0.05) is 17.7 Å². The van der Waals surface area contributed by atoms with E-state index in [9.17, 15) is 4.79 Å². The number of hydrogen-bond acceptors (Lipinski definition) is 5. The molecule has 0 bridgehead atoms. The van der Waals surface area contributed by atoms with Crippen LogP contribution in [-0.2, 0) is 11.2 Å². The molecule has 0 atom stereocenters. The Kier molecular flexibility index (Phi) is 5.37. The molecule has 0 unspecified atom stereocenters. The first-order chi connectivity index (χ1) is 13.7. The molecule has 0 spiro atoms. The Labute approximate surface area is 164 Å². The summed E-state index contributed by atoms with van der Waals surface area (Å²) in [5, 5.41) is 11.0. The molecule has 1 aromatic heterocycles. The zero-order valence-corrected chi connectivity index (χ0v) is 16.0. The van der Waals surface area contributed by atoms with Crippen molar-refractivity contribution in [1.29, 1.82) is 0 Å². The maximum atomic E-state index is 12.2. The van der Waals surface area contributed by atoms with Crippen LogP contribution in [0.15, 0.2) is 52.9 Å². The second-order valence-electron chi connectivity index (χ2n) is 7.16. The lowest BCUT2D eigenvalue weighted by atomic mass is 10.1. The van der Waals surface area contributed by atoms with Crippen molar-refractivity contribution in [3.8, 4) is 11.5 Å². The molecule has 144 valence electrons. The van der Waals surface area contributed by atoms with Gasteiger partial charge in [0.25, 0.3) is 0 Å². The fraction of sp³-hybridized carbons (Fsp3) is 0.318. The molecular weight excluding hydrogens is 352 g/mol. The Hall–Kier alpha value is -3.15. The first kappa shape index (κ1) is 18.2. The molecule has 1 N–H and O–H groups in total. The van der Waals surface area contributed by atoms with Gasteiger partial charge in [-0.25, -0.2) is 0 Å². The summed E-state index contributed by atoms with van der Waals surface area (Å²) in [5.74, 6) is 0.882. The van der Waals surface area contributed by atoms with Crippen LogP contribution in [0.3, 0.4) is 0 Å². The predicted octanol–water partition coefficient (Wildman–Crippen LogP) is 4.22. The molecule has 2 aromatic carbocycles. The minimum atomic E-state index is -0.0657. The minimum Gasteiger partial charge on any atom is -0.421 e. The van der Waals surface area contributed by atoms with Crippen LogP contribution in [0.25, 0.3) is 11.5 Å². The van der Waals surface area contributed by atoms with E-state index in [1.807, 2.05) is 43.3 Å². The summed E-state index contributed by atoms with van der Waals surface area (Å²) >= 11 is 0. The fourth-order valence-electron chi connectivity index (χ4n) is 3.34. The number of anilines is 2. The fourth-order valence-corrected chi connectivity index (χ4v) is 3.34. The second kappa shape index (κ2) is 8.25. The minimum absolute atomic E-state index is 0.0657. The standard InChI is InChI=1S/C22H24N4O2/c1-16-4-6-17(7-5-16)22-25-24-21(28-22)13-12-20(27)23-18-8-10-19(11-9-18)26-14-2-3-15-26/h4-11H,2-3,12-15H2,1H3,(H,23,27). The molecule has 6 nitrogen and oxygen atoms in total. The molecule has 1 aliphatic heterocycles. The number of carbonyl (C=O) groups excluding carboxylic acids is 1. The van der Waals surface area contributed by atoms with Gasteiger partial charge in [-0.05, 0) is 56.2 Å². The van der Waals surface area contributed by atoms with E-state index in [2.05, 4.69) is 32.5 Å². The van der Waals surface area contributed by atoms with Crippen LogP contribution in [0, 0.1) is 6.92 Å². The third-order valence-electron chi connectivity index (χ3n) is 4.95. The molecule has 1 fully saturated rings. The number of rotatable bonds is 6. The number of amides is 1. The molecule has 2 heterocycles. The summed E-state index contributed by atoms with van der Waals surface area (Å²) in [6, 6.07) is 15.9. The summed E-state index contributed by atoms with van der Waals surface area (Å²) in [6.45, 7) is 4.25. The van der Waals surface area contributed by atoms with E-state index in [1.165, 1.54) is 24.1 Å². The van der Waals surface area contributed by atoms with Gasteiger partial charge in [-0.3, -0.25) is 4.79 Å². The first-order valence-electron chi connectivity index (χ1n) is 9.72. The Morgan fingerprint density at radius 2 is 1.75 bits per heavy atom. The average molecular weight is 376 g/mol.